The third-order valence-electron chi connectivity index (χ3n) is 5.88. The molecule has 0 saturated carbocycles. The van der Waals surface area contributed by atoms with Crippen LogP contribution < -0.4 is 4.72 Å². The van der Waals surface area contributed by atoms with E-state index in [1.54, 1.807) is 48.2 Å². The monoisotopic (exact) mass is 475 g/mol. The second-order valence-electron chi connectivity index (χ2n) is 8.36. The minimum absolute atomic E-state index is 0.117. The van der Waals surface area contributed by atoms with Crippen LogP contribution in [0.2, 0.25) is 0 Å². The van der Waals surface area contributed by atoms with Gasteiger partial charge in [-0.15, -0.1) is 0 Å². The van der Waals surface area contributed by atoms with Crippen molar-refractivity contribution in [2.75, 3.05) is 37.4 Å². The van der Waals surface area contributed by atoms with Gasteiger partial charge in [0.05, 0.1) is 4.90 Å². The van der Waals surface area contributed by atoms with Crippen LogP contribution in [0.4, 0.5) is 5.69 Å². The van der Waals surface area contributed by atoms with Gasteiger partial charge in [0.1, 0.15) is 0 Å². The first-order valence-electron chi connectivity index (χ1n) is 11.3. The Morgan fingerprint density at radius 1 is 0.912 bits per heavy atom. The summed E-state index contributed by atoms with van der Waals surface area (Å²) in [6.45, 7) is 5.33. The lowest BCUT2D eigenvalue weighted by molar-refractivity contribution is 0.0650. The van der Waals surface area contributed by atoms with E-state index >= 15 is 0 Å². The number of hydrogen-bond donors (Lipinski definition) is 1. The molecule has 0 aliphatic carbocycles. The molecule has 0 atom stereocenters. The van der Waals surface area contributed by atoms with Gasteiger partial charge in [-0.25, -0.2) is 8.42 Å². The van der Waals surface area contributed by atoms with Crippen LogP contribution in [0.15, 0.2) is 89.8 Å². The first-order chi connectivity index (χ1) is 16.4. The Hall–Kier alpha value is -3.42. The predicted octanol–water partition coefficient (Wildman–Crippen LogP) is 4.27. The number of hydrogen-bond acceptors (Lipinski definition) is 4. The lowest BCUT2D eigenvalue weighted by Crippen LogP contribution is -2.48. The second-order valence-corrected chi connectivity index (χ2v) is 10.0. The van der Waals surface area contributed by atoms with Gasteiger partial charge in [-0.1, -0.05) is 66.7 Å². The molecule has 0 aromatic heterocycles. The maximum Gasteiger partial charge on any atom is 0.262 e. The number of benzene rings is 3. The van der Waals surface area contributed by atoms with Crippen molar-refractivity contribution in [2.24, 2.45) is 0 Å². The average molecular weight is 476 g/mol. The summed E-state index contributed by atoms with van der Waals surface area (Å²) >= 11 is 0. The standard InChI is InChI=1S/C27H29N3O3S/c1-22-14-15-24(21-26(22)34(32,33)28-25-12-6-3-7-13-25)27(31)30-19-17-29(18-20-30)16-8-11-23-9-4-2-5-10-23/h2-15,21,28H,16-20H2,1H3/b11-8+. The number of amides is 1. The molecule has 6 nitrogen and oxygen atoms in total. The third kappa shape index (κ3) is 5.92. The van der Waals surface area contributed by atoms with Gasteiger partial charge in [0, 0.05) is 44.0 Å². The number of nitrogens with zero attached hydrogens (tertiary/aromatic N) is 2. The Labute approximate surface area is 201 Å². The molecule has 3 aromatic rings. The topological polar surface area (TPSA) is 69.7 Å². The van der Waals surface area contributed by atoms with Gasteiger partial charge in [-0.2, -0.15) is 0 Å². The normalized spacial score (nSPS) is 14.9. The summed E-state index contributed by atoms with van der Waals surface area (Å²) in [5.41, 5.74) is 2.63. The average Bonchev–Trinajstić information content (AvgIpc) is 2.85. The number of para-hydroxylation sites is 1. The van der Waals surface area contributed by atoms with Crippen molar-refractivity contribution in [1.82, 2.24) is 9.80 Å². The van der Waals surface area contributed by atoms with Crippen molar-refractivity contribution in [1.29, 1.82) is 0 Å². The zero-order valence-electron chi connectivity index (χ0n) is 19.2. The van der Waals surface area contributed by atoms with Crippen molar-refractivity contribution in [2.45, 2.75) is 11.8 Å². The Morgan fingerprint density at radius 2 is 1.56 bits per heavy atom. The highest BCUT2D eigenvalue weighted by atomic mass is 32.2. The number of carbonyl (C=O) groups excluding carboxylic acids is 1. The fraction of sp³-hybridized carbons (Fsp3) is 0.222. The maximum atomic E-state index is 13.1. The molecule has 3 aromatic carbocycles. The van der Waals surface area contributed by atoms with Crippen molar-refractivity contribution < 1.29 is 13.2 Å². The maximum absolute atomic E-state index is 13.1. The molecule has 176 valence electrons. The number of rotatable bonds is 7. The number of nitrogens with one attached hydrogen (secondary N) is 1. The third-order valence-corrected chi connectivity index (χ3v) is 7.41. The van der Waals surface area contributed by atoms with E-state index in [9.17, 15) is 13.2 Å². The zero-order valence-corrected chi connectivity index (χ0v) is 20.0. The molecule has 0 radical (unpaired) electrons. The minimum Gasteiger partial charge on any atom is -0.336 e. The quantitative estimate of drug-likeness (QED) is 0.554. The molecule has 1 aliphatic rings. The van der Waals surface area contributed by atoms with Crippen molar-refractivity contribution >= 4 is 27.7 Å². The van der Waals surface area contributed by atoms with Gasteiger partial charge < -0.3 is 4.90 Å². The van der Waals surface area contributed by atoms with Gasteiger partial charge >= 0.3 is 0 Å². The molecular formula is C27H29N3O3S. The molecule has 0 spiro atoms. The minimum atomic E-state index is -3.81. The summed E-state index contributed by atoms with van der Waals surface area (Å²) in [5, 5.41) is 0. The largest absolute Gasteiger partial charge is 0.336 e. The van der Waals surface area contributed by atoms with Crippen LogP contribution in [-0.4, -0.2) is 56.8 Å². The highest BCUT2D eigenvalue weighted by Crippen LogP contribution is 2.22. The first-order valence-corrected chi connectivity index (χ1v) is 12.8. The predicted molar refractivity (Wildman–Crippen MR) is 136 cm³/mol. The first kappa shape index (κ1) is 23.7. The van der Waals surface area contributed by atoms with Crippen molar-refractivity contribution in [3.63, 3.8) is 0 Å². The van der Waals surface area contributed by atoms with Gasteiger partial charge in [0.2, 0.25) is 0 Å². The number of piperazine rings is 1. The highest BCUT2D eigenvalue weighted by Gasteiger charge is 2.24. The van der Waals surface area contributed by atoms with Crippen LogP contribution in [0.1, 0.15) is 21.5 Å². The van der Waals surface area contributed by atoms with Gasteiger partial charge in [0.25, 0.3) is 15.9 Å². The summed E-state index contributed by atoms with van der Waals surface area (Å²) in [6, 6.07) is 23.8. The Kier molecular flexibility index (Phi) is 7.45. The summed E-state index contributed by atoms with van der Waals surface area (Å²) < 4.78 is 28.5. The van der Waals surface area contributed by atoms with Crippen LogP contribution in [-0.2, 0) is 10.0 Å². The molecule has 1 heterocycles. The van der Waals surface area contributed by atoms with E-state index in [-0.39, 0.29) is 10.8 Å². The van der Waals surface area contributed by atoms with Crippen LogP contribution >= 0.6 is 0 Å². The summed E-state index contributed by atoms with van der Waals surface area (Å²) in [7, 11) is -3.81. The molecule has 1 amide bonds. The van der Waals surface area contributed by atoms with E-state index in [0.717, 1.165) is 19.6 Å². The molecule has 7 heteroatoms. The van der Waals surface area contributed by atoms with Crippen LogP contribution in [0, 0.1) is 6.92 Å². The van der Waals surface area contributed by atoms with Crippen LogP contribution in [0.5, 0.6) is 0 Å². The van der Waals surface area contributed by atoms with E-state index < -0.39 is 10.0 Å². The molecule has 1 fully saturated rings. The molecule has 0 unspecified atom stereocenters. The smallest absolute Gasteiger partial charge is 0.262 e. The van der Waals surface area contributed by atoms with Crippen LogP contribution in [0.3, 0.4) is 0 Å². The Balaban J connectivity index is 1.38. The highest BCUT2D eigenvalue weighted by molar-refractivity contribution is 7.92. The van der Waals surface area contributed by atoms with E-state index in [2.05, 4.69) is 33.9 Å². The SMILES string of the molecule is Cc1ccc(C(=O)N2CCN(C/C=C/c3ccccc3)CC2)cc1S(=O)(=O)Nc1ccccc1. The number of anilines is 1. The molecule has 4 rings (SSSR count). The van der Waals surface area contributed by atoms with Crippen molar-refractivity contribution in [3.8, 4) is 0 Å². The Morgan fingerprint density at radius 3 is 2.24 bits per heavy atom. The van der Waals surface area contributed by atoms with E-state index in [1.807, 2.05) is 24.3 Å². The molecule has 1 saturated heterocycles. The fourth-order valence-corrected chi connectivity index (χ4v) is 5.29. The Bertz CT molecular complexity index is 1250. The summed E-state index contributed by atoms with van der Waals surface area (Å²) in [4.78, 5) is 17.3. The summed E-state index contributed by atoms with van der Waals surface area (Å²) in [6.07, 6.45) is 4.25. The van der Waals surface area contributed by atoms with Gasteiger partial charge in [-0.3, -0.25) is 14.4 Å². The van der Waals surface area contributed by atoms with Gasteiger partial charge in [0.15, 0.2) is 0 Å². The molecule has 1 N–H and O–H groups in total. The van der Waals surface area contributed by atoms with Gasteiger partial charge in [-0.05, 0) is 42.3 Å². The number of sulfonamides is 1. The van der Waals surface area contributed by atoms with E-state index in [0.29, 0.717) is 29.9 Å². The number of aryl methyl sites for hydroxylation is 1. The van der Waals surface area contributed by atoms with E-state index in [4.69, 9.17) is 0 Å². The fourth-order valence-electron chi connectivity index (χ4n) is 3.96. The molecule has 0 bridgehead atoms. The summed E-state index contributed by atoms with van der Waals surface area (Å²) in [5.74, 6) is -0.143. The zero-order chi connectivity index (χ0) is 24.0. The van der Waals surface area contributed by atoms with E-state index in [1.165, 1.54) is 11.6 Å². The second kappa shape index (κ2) is 10.7. The lowest BCUT2D eigenvalue weighted by atomic mass is 10.1. The number of carbonyl (C=O) groups is 1. The molecule has 34 heavy (non-hydrogen) atoms. The molecular weight excluding hydrogens is 446 g/mol. The van der Waals surface area contributed by atoms with Crippen LogP contribution in [0.25, 0.3) is 6.08 Å². The van der Waals surface area contributed by atoms with Crippen molar-refractivity contribution in [3.05, 3.63) is 102 Å². The molecule has 1 aliphatic heterocycles. The lowest BCUT2D eigenvalue weighted by Gasteiger charge is -2.34.